The van der Waals surface area contributed by atoms with Crippen molar-refractivity contribution in [2.45, 2.75) is 57.1 Å². The first-order valence-corrected chi connectivity index (χ1v) is 9.72. The smallest absolute Gasteiger partial charge is 0.251 e. The van der Waals surface area contributed by atoms with Gasteiger partial charge in [0.1, 0.15) is 6.10 Å². The van der Waals surface area contributed by atoms with Crippen LogP contribution in [0.3, 0.4) is 0 Å². The van der Waals surface area contributed by atoms with E-state index in [1.807, 2.05) is 4.90 Å². The van der Waals surface area contributed by atoms with Gasteiger partial charge >= 0.3 is 0 Å². The molecule has 1 N–H and O–H groups in total. The number of fused-ring (bicyclic) bond motifs is 1. The first kappa shape index (κ1) is 15.2. The lowest BCUT2D eigenvalue weighted by Crippen LogP contribution is -2.50. The predicted molar refractivity (Wildman–Crippen MR) is 88.0 cm³/mol. The highest BCUT2D eigenvalue weighted by atomic mass is 16.5. The normalized spacial score (nSPS) is 37.4. The molecular formula is C19H28N2O3. The first-order chi connectivity index (χ1) is 11.6. The number of rotatable bonds is 5. The second kappa shape index (κ2) is 5.20. The summed E-state index contributed by atoms with van der Waals surface area (Å²) in [6.45, 7) is 1.60. The van der Waals surface area contributed by atoms with Crippen LogP contribution in [0.4, 0.5) is 0 Å². The highest BCUT2D eigenvalue weighted by molar-refractivity contribution is 5.83. The van der Waals surface area contributed by atoms with Crippen molar-refractivity contribution in [1.82, 2.24) is 10.2 Å². The van der Waals surface area contributed by atoms with Gasteiger partial charge in [0, 0.05) is 44.0 Å². The average Bonchev–Trinajstić information content (AvgIpc) is 3.36. The van der Waals surface area contributed by atoms with Crippen LogP contribution in [0.15, 0.2) is 0 Å². The van der Waals surface area contributed by atoms with E-state index in [1.165, 1.54) is 19.3 Å². The number of piperidine rings is 1. The van der Waals surface area contributed by atoms with Crippen LogP contribution in [0, 0.1) is 29.1 Å². The Labute approximate surface area is 143 Å². The molecule has 1 spiro atoms. The van der Waals surface area contributed by atoms with E-state index in [4.69, 9.17) is 4.74 Å². The van der Waals surface area contributed by atoms with E-state index in [0.717, 1.165) is 38.8 Å². The SMILES string of the molecule is COC(C(=O)N1C[C@@H]2C(NC(=O)C3CC4(CCC4)C3)[C@@H]2C1)C1CC1. The Morgan fingerprint density at radius 2 is 1.83 bits per heavy atom. The van der Waals surface area contributed by atoms with Gasteiger partial charge in [0.15, 0.2) is 0 Å². The van der Waals surface area contributed by atoms with Crippen LogP contribution in [-0.2, 0) is 14.3 Å². The summed E-state index contributed by atoms with van der Waals surface area (Å²) < 4.78 is 5.42. The molecule has 5 rings (SSSR count). The number of nitrogens with one attached hydrogen (secondary N) is 1. The molecule has 4 aliphatic carbocycles. The lowest BCUT2D eigenvalue weighted by molar-refractivity contribution is -0.142. The highest BCUT2D eigenvalue weighted by Crippen LogP contribution is 2.59. The zero-order chi connectivity index (χ0) is 16.5. The minimum Gasteiger partial charge on any atom is -0.371 e. The van der Waals surface area contributed by atoms with Gasteiger partial charge in [0.2, 0.25) is 5.91 Å². The molecule has 4 saturated carbocycles. The van der Waals surface area contributed by atoms with Gasteiger partial charge in [-0.1, -0.05) is 6.42 Å². The average molecular weight is 332 g/mol. The van der Waals surface area contributed by atoms with Crippen molar-refractivity contribution in [2.24, 2.45) is 29.1 Å². The van der Waals surface area contributed by atoms with E-state index < -0.39 is 0 Å². The summed E-state index contributed by atoms with van der Waals surface area (Å²) >= 11 is 0. The Bertz CT molecular complexity index is 549. The first-order valence-electron chi connectivity index (χ1n) is 9.72. The molecule has 5 aliphatic rings. The van der Waals surface area contributed by atoms with Crippen LogP contribution in [0.5, 0.6) is 0 Å². The van der Waals surface area contributed by atoms with Gasteiger partial charge in [-0.3, -0.25) is 9.59 Å². The number of nitrogens with zero attached hydrogens (tertiary/aromatic N) is 1. The zero-order valence-electron chi connectivity index (χ0n) is 14.5. The van der Waals surface area contributed by atoms with Crippen LogP contribution in [0.25, 0.3) is 0 Å². The number of methoxy groups -OCH3 is 1. The van der Waals surface area contributed by atoms with Crippen LogP contribution in [0.1, 0.15) is 44.9 Å². The second-order valence-electron chi connectivity index (χ2n) is 9.06. The molecule has 0 aromatic heterocycles. The van der Waals surface area contributed by atoms with E-state index in [1.54, 1.807) is 7.11 Å². The third-order valence-electron chi connectivity index (χ3n) is 7.51. The predicted octanol–water partition coefficient (Wildman–Crippen LogP) is 1.56. The zero-order valence-corrected chi connectivity index (χ0v) is 14.5. The van der Waals surface area contributed by atoms with Crippen molar-refractivity contribution in [3.63, 3.8) is 0 Å². The van der Waals surface area contributed by atoms with Crippen molar-refractivity contribution in [3.05, 3.63) is 0 Å². The summed E-state index contributed by atoms with van der Waals surface area (Å²) in [4.78, 5) is 26.9. The quantitative estimate of drug-likeness (QED) is 0.831. The van der Waals surface area contributed by atoms with Crippen molar-refractivity contribution in [2.75, 3.05) is 20.2 Å². The molecule has 0 aromatic carbocycles. The Hall–Kier alpha value is -1.10. The second-order valence-corrected chi connectivity index (χ2v) is 9.06. The van der Waals surface area contributed by atoms with E-state index >= 15 is 0 Å². The van der Waals surface area contributed by atoms with Crippen molar-refractivity contribution >= 4 is 11.8 Å². The molecule has 0 radical (unpaired) electrons. The summed E-state index contributed by atoms with van der Waals surface area (Å²) in [6, 6.07) is 0.321. The molecule has 5 fully saturated rings. The van der Waals surface area contributed by atoms with Gasteiger partial charge in [0.05, 0.1) is 0 Å². The molecule has 5 heteroatoms. The number of amides is 2. The highest BCUT2D eigenvalue weighted by Gasteiger charge is 2.59. The van der Waals surface area contributed by atoms with E-state index in [0.29, 0.717) is 29.2 Å². The molecule has 24 heavy (non-hydrogen) atoms. The molecule has 5 nitrogen and oxygen atoms in total. The Morgan fingerprint density at radius 3 is 2.33 bits per heavy atom. The maximum atomic E-state index is 12.5. The summed E-state index contributed by atoms with van der Waals surface area (Å²) in [5.74, 6) is 2.10. The summed E-state index contributed by atoms with van der Waals surface area (Å²) in [5, 5.41) is 3.27. The molecule has 2 amide bonds. The van der Waals surface area contributed by atoms with Gasteiger partial charge in [-0.2, -0.15) is 0 Å². The molecule has 0 bridgehead atoms. The number of carbonyl (C=O) groups is 2. The molecule has 2 unspecified atom stereocenters. The standard InChI is InChI=1S/C19H28N2O3/c1-24-16(11-3-4-11)18(23)21-9-13-14(10-21)15(13)20-17(22)12-7-19(8-12)5-2-6-19/h11-16H,2-10H2,1H3,(H,20,22)/t13-,14+,15?,16?. The number of hydrogen-bond donors (Lipinski definition) is 1. The number of ether oxygens (including phenoxy) is 1. The third kappa shape index (κ3) is 2.31. The largest absolute Gasteiger partial charge is 0.371 e. The number of carbonyl (C=O) groups excluding carboxylic acids is 2. The Kier molecular flexibility index (Phi) is 3.29. The van der Waals surface area contributed by atoms with E-state index in [2.05, 4.69) is 5.32 Å². The van der Waals surface area contributed by atoms with Crippen LogP contribution >= 0.6 is 0 Å². The summed E-state index contributed by atoms with van der Waals surface area (Å²) in [7, 11) is 1.65. The lowest BCUT2D eigenvalue weighted by atomic mass is 9.51. The molecule has 4 atom stereocenters. The van der Waals surface area contributed by atoms with E-state index in [9.17, 15) is 9.59 Å². The van der Waals surface area contributed by atoms with Gasteiger partial charge < -0.3 is 15.0 Å². The van der Waals surface area contributed by atoms with Crippen molar-refractivity contribution in [1.29, 1.82) is 0 Å². The Balaban J connectivity index is 1.09. The lowest BCUT2D eigenvalue weighted by Gasteiger charge is -2.53. The third-order valence-corrected chi connectivity index (χ3v) is 7.51. The fourth-order valence-electron chi connectivity index (χ4n) is 5.53. The fourth-order valence-corrected chi connectivity index (χ4v) is 5.53. The van der Waals surface area contributed by atoms with Gasteiger partial charge in [-0.05, 0) is 49.9 Å². The van der Waals surface area contributed by atoms with Crippen LogP contribution in [0.2, 0.25) is 0 Å². The van der Waals surface area contributed by atoms with Crippen molar-refractivity contribution in [3.8, 4) is 0 Å². The van der Waals surface area contributed by atoms with Gasteiger partial charge in [-0.25, -0.2) is 0 Å². The monoisotopic (exact) mass is 332 g/mol. The van der Waals surface area contributed by atoms with E-state index in [-0.39, 0.29) is 23.8 Å². The maximum absolute atomic E-state index is 12.5. The summed E-state index contributed by atoms with van der Waals surface area (Å²) in [5.41, 5.74) is 0.558. The number of hydrogen-bond acceptors (Lipinski definition) is 3. The molecule has 1 heterocycles. The minimum absolute atomic E-state index is 0.170. The molecular weight excluding hydrogens is 304 g/mol. The minimum atomic E-state index is -0.232. The van der Waals surface area contributed by atoms with Gasteiger partial charge in [0.25, 0.3) is 5.91 Å². The number of likely N-dealkylation sites (tertiary alicyclic amines) is 1. The molecule has 1 aliphatic heterocycles. The summed E-state index contributed by atoms with van der Waals surface area (Å²) in [6.07, 6.45) is 8.26. The Morgan fingerprint density at radius 1 is 1.17 bits per heavy atom. The topological polar surface area (TPSA) is 58.6 Å². The molecule has 1 saturated heterocycles. The molecule has 0 aromatic rings. The van der Waals surface area contributed by atoms with Crippen LogP contribution in [-0.4, -0.2) is 49.1 Å². The fraction of sp³-hybridized carbons (Fsp3) is 0.895. The van der Waals surface area contributed by atoms with Crippen LogP contribution < -0.4 is 5.32 Å². The van der Waals surface area contributed by atoms with Crippen molar-refractivity contribution < 1.29 is 14.3 Å². The van der Waals surface area contributed by atoms with Gasteiger partial charge in [-0.15, -0.1) is 0 Å². The molecule has 132 valence electrons. The maximum Gasteiger partial charge on any atom is 0.251 e.